The Morgan fingerprint density at radius 3 is 2.35 bits per heavy atom. The number of ketones is 1. The standard InChI is InChI=1S/C19H38O3Si/c1-8-9-10-11-17(20)14-15-18(21)13-12-16(2)22-23(6,7)19(3,4)5/h14-17,20H,8-13H2,1-7H3/b15-14+. The molecule has 2 unspecified atom stereocenters. The van der Waals surface area contributed by atoms with Gasteiger partial charge in [-0.25, -0.2) is 0 Å². The van der Waals surface area contributed by atoms with Gasteiger partial charge in [0.25, 0.3) is 0 Å². The fourth-order valence-corrected chi connectivity index (χ4v) is 3.56. The molecular weight excluding hydrogens is 304 g/mol. The zero-order valence-corrected chi connectivity index (χ0v) is 17.3. The van der Waals surface area contributed by atoms with Crippen LogP contribution in [0.2, 0.25) is 18.1 Å². The van der Waals surface area contributed by atoms with Crippen LogP contribution < -0.4 is 0 Å². The number of hydrogen-bond donors (Lipinski definition) is 1. The number of aliphatic hydroxyl groups is 1. The smallest absolute Gasteiger partial charge is 0.192 e. The molecule has 0 spiro atoms. The molecule has 0 aromatic heterocycles. The molecule has 0 amide bonds. The number of allylic oxidation sites excluding steroid dienone is 1. The molecule has 0 rings (SSSR count). The highest BCUT2D eigenvalue weighted by Gasteiger charge is 2.38. The van der Waals surface area contributed by atoms with Gasteiger partial charge in [0.05, 0.1) is 6.10 Å². The lowest BCUT2D eigenvalue weighted by atomic mass is 10.1. The van der Waals surface area contributed by atoms with Crippen molar-refractivity contribution in [3.63, 3.8) is 0 Å². The molecule has 0 radical (unpaired) electrons. The van der Waals surface area contributed by atoms with Gasteiger partial charge in [0.1, 0.15) is 0 Å². The molecule has 1 N–H and O–H groups in total. The number of carbonyl (C=O) groups is 1. The van der Waals surface area contributed by atoms with Crippen molar-refractivity contribution in [2.75, 3.05) is 0 Å². The van der Waals surface area contributed by atoms with Crippen molar-refractivity contribution in [2.45, 2.75) is 103 Å². The van der Waals surface area contributed by atoms with Crippen LogP contribution in [0.3, 0.4) is 0 Å². The second-order valence-corrected chi connectivity index (χ2v) is 12.9. The summed E-state index contributed by atoms with van der Waals surface area (Å²) in [6, 6.07) is 0. The zero-order valence-electron chi connectivity index (χ0n) is 16.3. The fourth-order valence-electron chi connectivity index (χ4n) is 2.09. The van der Waals surface area contributed by atoms with Gasteiger partial charge in [-0.2, -0.15) is 0 Å². The van der Waals surface area contributed by atoms with Crippen LogP contribution in [0.15, 0.2) is 12.2 Å². The van der Waals surface area contributed by atoms with Crippen LogP contribution in [0, 0.1) is 0 Å². The predicted molar refractivity (Wildman–Crippen MR) is 101 cm³/mol. The topological polar surface area (TPSA) is 46.5 Å². The molecule has 23 heavy (non-hydrogen) atoms. The third-order valence-corrected chi connectivity index (χ3v) is 9.31. The van der Waals surface area contributed by atoms with Gasteiger partial charge in [-0.05, 0) is 44.0 Å². The minimum Gasteiger partial charge on any atom is -0.414 e. The van der Waals surface area contributed by atoms with Crippen molar-refractivity contribution in [2.24, 2.45) is 0 Å². The maximum Gasteiger partial charge on any atom is 0.192 e. The molecule has 0 aliphatic carbocycles. The zero-order chi connectivity index (χ0) is 18.1. The normalized spacial score (nSPS) is 15.8. The van der Waals surface area contributed by atoms with E-state index in [-0.39, 0.29) is 16.9 Å². The van der Waals surface area contributed by atoms with Crippen molar-refractivity contribution in [3.8, 4) is 0 Å². The molecule has 0 aliphatic rings. The molecule has 0 saturated carbocycles. The van der Waals surface area contributed by atoms with Crippen LogP contribution in [0.5, 0.6) is 0 Å². The van der Waals surface area contributed by atoms with Gasteiger partial charge in [-0.1, -0.05) is 53.0 Å². The minimum atomic E-state index is -1.76. The Morgan fingerprint density at radius 1 is 1.22 bits per heavy atom. The second-order valence-electron chi connectivity index (χ2n) is 8.12. The van der Waals surface area contributed by atoms with Gasteiger partial charge in [0.2, 0.25) is 0 Å². The lowest BCUT2D eigenvalue weighted by Crippen LogP contribution is -2.43. The SMILES string of the molecule is CCCCCC(O)/C=C/C(=O)CCC(C)O[Si](C)(C)C(C)(C)C. The molecule has 0 aromatic carbocycles. The first-order chi connectivity index (χ1) is 10.5. The number of unbranched alkanes of at least 4 members (excludes halogenated alkanes) is 2. The van der Waals surface area contributed by atoms with Crippen molar-refractivity contribution < 1.29 is 14.3 Å². The summed E-state index contributed by atoms with van der Waals surface area (Å²) in [5.41, 5.74) is 0. The highest BCUT2D eigenvalue weighted by molar-refractivity contribution is 6.74. The van der Waals surface area contributed by atoms with E-state index < -0.39 is 14.4 Å². The van der Waals surface area contributed by atoms with Gasteiger partial charge < -0.3 is 9.53 Å². The Bertz CT molecular complexity index is 369. The molecule has 136 valence electrons. The van der Waals surface area contributed by atoms with Crippen LogP contribution in [0.25, 0.3) is 0 Å². The van der Waals surface area contributed by atoms with E-state index in [4.69, 9.17) is 4.43 Å². The Balaban J connectivity index is 4.14. The summed E-state index contributed by atoms with van der Waals surface area (Å²) in [5.74, 6) is 0.0743. The fraction of sp³-hybridized carbons (Fsp3) is 0.842. The molecule has 3 nitrogen and oxygen atoms in total. The van der Waals surface area contributed by atoms with E-state index in [1.54, 1.807) is 6.08 Å². The van der Waals surface area contributed by atoms with Crippen LogP contribution in [-0.2, 0) is 9.22 Å². The van der Waals surface area contributed by atoms with E-state index in [2.05, 4.69) is 47.7 Å². The molecule has 0 bridgehead atoms. The van der Waals surface area contributed by atoms with Gasteiger partial charge in [0, 0.05) is 12.5 Å². The summed E-state index contributed by atoms with van der Waals surface area (Å²) >= 11 is 0. The van der Waals surface area contributed by atoms with Crippen molar-refractivity contribution in [1.29, 1.82) is 0 Å². The first-order valence-corrected chi connectivity index (χ1v) is 12.0. The van der Waals surface area contributed by atoms with Crippen LogP contribution >= 0.6 is 0 Å². The van der Waals surface area contributed by atoms with E-state index in [0.717, 1.165) is 32.1 Å². The third kappa shape index (κ3) is 10.1. The van der Waals surface area contributed by atoms with Crippen molar-refractivity contribution in [1.82, 2.24) is 0 Å². The molecule has 0 heterocycles. The van der Waals surface area contributed by atoms with E-state index >= 15 is 0 Å². The Labute approximate surface area is 144 Å². The first kappa shape index (κ1) is 22.5. The summed E-state index contributed by atoms with van der Waals surface area (Å²) in [6.45, 7) is 15.3. The lowest BCUT2D eigenvalue weighted by molar-refractivity contribution is -0.115. The first-order valence-electron chi connectivity index (χ1n) is 9.06. The molecule has 4 heteroatoms. The molecule has 0 fully saturated rings. The average Bonchev–Trinajstić information content (AvgIpc) is 2.41. The quantitative estimate of drug-likeness (QED) is 0.317. The Kier molecular flexibility index (Phi) is 10.2. The van der Waals surface area contributed by atoms with Gasteiger partial charge in [0.15, 0.2) is 14.1 Å². The number of hydrogen-bond acceptors (Lipinski definition) is 3. The summed E-state index contributed by atoms with van der Waals surface area (Å²) in [5, 5.41) is 9.97. The van der Waals surface area contributed by atoms with Crippen molar-refractivity contribution >= 4 is 14.1 Å². The maximum absolute atomic E-state index is 11.9. The van der Waals surface area contributed by atoms with E-state index in [9.17, 15) is 9.90 Å². The summed E-state index contributed by atoms with van der Waals surface area (Å²) in [4.78, 5) is 11.9. The number of aliphatic hydroxyl groups excluding tert-OH is 1. The van der Waals surface area contributed by atoms with E-state index in [1.165, 1.54) is 6.08 Å². The van der Waals surface area contributed by atoms with Gasteiger partial charge in [-0.3, -0.25) is 4.79 Å². The number of rotatable bonds is 11. The Morgan fingerprint density at radius 2 is 1.83 bits per heavy atom. The summed E-state index contributed by atoms with van der Waals surface area (Å²) in [7, 11) is -1.76. The van der Waals surface area contributed by atoms with Crippen LogP contribution in [0.4, 0.5) is 0 Å². The second kappa shape index (κ2) is 10.4. The van der Waals surface area contributed by atoms with Crippen LogP contribution in [0.1, 0.15) is 73.1 Å². The largest absolute Gasteiger partial charge is 0.414 e. The molecule has 2 atom stereocenters. The number of carbonyl (C=O) groups excluding carboxylic acids is 1. The van der Waals surface area contributed by atoms with Gasteiger partial charge in [-0.15, -0.1) is 0 Å². The third-order valence-electron chi connectivity index (χ3n) is 4.71. The monoisotopic (exact) mass is 342 g/mol. The predicted octanol–water partition coefficient (Wildman–Crippen LogP) is 5.24. The summed E-state index contributed by atoms with van der Waals surface area (Å²) in [6.07, 6.45) is 8.01. The minimum absolute atomic E-state index is 0.0743. The molecule has 0 aliphatic heterocycles. The van der Waals surface area contributed by atoms with Gasteiger partial charge >= 0.3 is 0 Å². The average molecular weight is 343 g/mol. The van der Waals surface area contributed by atoms with E-state index in [0.29, 0.717) is 6.42 Å². The van der Waals surface area contributed by atoms with Crippen LogP contribution in [-0.4, -0.2) is 31.4 Å². The Hall–Kier alpha value is -0.453. The van der Waals surface area contributed by atoms with E-state index in [1.807, 2.05) is 0 Å². The lowest BCUT2D eigenvalue weighted by Gasteiger charge is -2.38. The molecule has 0 saturated heterocycles. The highest BCUT2D eigenvalue weighted by atomic mass is 28.4. The highest BCUT2D eigenvalue weighted by Crippen LogP contribution is 2.37. The summed E-state index contributed by atoms with van der Waals surface area (Å²) < 4.78 is 6.26. The molecule has 0 aromatic rings. The maximum atomic E-state index is 11.9. The van der Waals surface area contributed by atoms with Crippen molar-refractivity contribution in [3.05, 3.63) is 12.2 Å². The molecular formula is C19H38O3Si.